The topological polar surface area (TPSA) is 35.9 Å². The first-order chi connectivity index (χ1) is 7.29. The summed E-state index contributed by atoms with van der Waals surface area (Å²) in [4.78, 5) is 0. The number of nitrogens with one attached hydrogen (secondary N) is 2. The molecule has 1 aromatic rings. The fraction of sp³-hybridized carbons (Fsp3) is 0.417. The highest BCUT2D eigenvalue weighted by molar-refractivity contribution is 5.69. The van der Waals surface area contributed by atoms with Crippen molar-refractivity contribution in [2.45, 2.75) is 5.41 Å². The molecule has 1 aliphatic carbocycles. The molecule has 1 saturated carbocycles. The van der Waals surface area contributed by atoms with Gasteiger partial charge in [0.05, 0.1) is 0 Å². The minimum Gasteiger partial charge on any atom is -0.315 e. The lowest BCUT2D eigenvalue weighted by Gasteiger charge is -2.13. The van der Waals surface area contributed by atoms with Gasteiger partial charge in [0.1, 0.15) is 5.82 Å². The van der Waals surface area contributed by atoms with E-state index in [-0.39, 0.29) is 11.2 Å². The lowest BCUT2D eigenvalue weighted by Crippen LogP contribution is -2.23. The lowest BCUT2D eigenvalue weighted by molar-refractivity contribution is 0.617. The third-order valence-electron chi connectivity index (χ3n) is 3.92. The first kappa shape index (κ1) is 9.04. The largest absolute Gasteiger partial charge is 0.315 e. The predicted octanol–water partition coefficient (Wildman–Crippen LogP) is 1.56. The zero-order chi connectivity index (χ0) is 10.5. The highest BCUT2D eigenvalue weighted by atomic mass is 19.1. The van der Waals surface area contributed by atoms with Crippen LogP contribution in [0.5, 0.6) is 0 Å². The first-order valence-corrected chi connectivity index (χ1v) is 5.26. The molecule has 2 nitrogen and oxygen atoms in total. The van der Waals surface area contributed by atoms with Crippen LogP contribution in [-0.2, 0) is 5.41 Å². The van der Waals surface area contributed by atoms with Gasteiger partial charge in [0, 0.05) is 17.9 Å². The summed E-state index contributed by atoms with van der Waals surface area (Å²) < 4.78 is 12.8. The Hall–Kier alpha value is -1.22. The fourth-order valence-corrected chi connectivity index (χ4v) is 3.08. The van der Waals surface area contributed by atoms with Crippen molar-refractivity contribution in [1.82, 2.24) is 5.32 Å². The summed E-state index contributed by atoms with van der Waals surface area (Å²) in [6.07, 6.45) is 1.55. The molecule has 78 valence electrons. The van der Waals surface area contributed by atoms with Gasteiger partial charge in [-0.1, -0.05) is 12.1 Å². The molecule has 0 radical (unpaired) electrons. The van der Waals surface area contributed by atoms with Crippen molar-refractivity contribution in [3.8, 4) is 0 Å². The van der Waals surface area contributed by atoms with E-state index in [0.717, 1.165) is 13.1 Å². The Morgan fingerprint density at radius 3 is 2.73 bits per heavy atom. The predicted molar refractivity (Wildman–Crippen MR) is 56.7 cm³/mol. The quantitative estimate of drug-likeness (QED) is 0.705. The number of halogens is 1. The van der Waals surface area contributed by atoms with Gasteiger partial charge >= 0.3 is 0 Å². The van der Waals surface area contributed by atoms with Crippen LogP contribution < -0.4 is 5.32 Å². The zero-order valence-corrected chi connectivity index (χ0v) is 8.33. The van der Waals surface area contributed by atoms with Crippen molar-refractivity contribution in [2.75, 3.05) is 13.1 Å². The van der Waals surface area contributed by atoms with Crippen LogP contribution in [0.25, 0.3) is 0 Å². The molecule has 0 spiro atoms. The molecule has 3 heteroatoms. The van der Waals surface area contributed by atoms with E-state index in [1.54, 1.807) is 6.21 Å². The normalized spacial score (nSPS) is 37.4. The van der Waals surface area contributed by atoms with Crippen LogP contribution >= 0.6 is 0 Å². The number of rotatable bonds is 2. The summed E-state index contributed by atoms with van der Waals surface area (Å²) >= 11 is 0. The van der Waals surface area contributed by atoms with E-state index in [0.29, 0.717) is 11.8 Å². The van der Waals surface area contributed by atoms with Crippen LogP contribution in [0.3, 0.4) is 0 Å². The van der Waals surface area contributed by atoms with Crippen molar-refractivity contribution in [3.63, 3.8) is 0 Å². The lowest BCUT2D eigenvalue weighted by atomic mass is 9.93. The maximum absolute atomic E-state index is 12.8. The summed E-state index contributed by atoms with van der Waals surface area (Å²) in [5, 5.41) is 10.8. The number of benzene rings is 1. The minimum atomic E-state index is -0.190. The standard InChI is InChI=1S/C12H13FN2/c13-9-3-1-8(2-4-9)12-7-15-6-11(12)10(12)5-14/h1-5,10-11,14-15H,6-7H2. The van der Waals surface area contributed by atoms with E-state index in [1.807, 2.05) is 12.1 Å². The van der Waals surface area contributed by atoms with Gasteiger partial charge in [0.15, 0.2) is 0 Å². The minimum absolute atomic E-state index is 0.0927. The number of piperidine rings is 1. The molecule has 3 rings (SSSR count). The van der Waals surface area contributed by atoms with E-state index < -0.39 is 0 Å². The van der Waals surface area contributed by atoms with Crippen molar-refractivity contribution in [2.24, 2.45) is 11.8 Å². The molecule has 1 heterocycles. The molecule has 3 unspecified atom stereocenters. The van der Waals surface area contributed by atoms with Gasteiger partial charge < -0.3 is 10.7 Å². The summed E-state index contributed by atoms with van der Waals surface area (Å²) in [6, 6.07) is 6.75. The van der Waals surface area contributed by atoms with Gasteiger partial charge in [-0.05, 0) is 36.4 Å². The zero-order valence-electron chi connectivity index (χ0n) is 8.33. The Morgan fingerprint density at radius 2 is 2.13 bits per heavy atom. The van der Waals surface area contributed by atoms with E-state index in [2.05, 4.69) is 5.32 Å². The molecule has 1 aromatic carbocycles. The molecular formula is C12H13FN2. The van der Waals surface area contributed by atoms with E-state index in [4.69, 9.17) is 5.41 Å². The van der Waals surface area contributed by atoms with Crippen LogP contribution in [0.15, 0.2) is 24.3 Å². The highest BCUT2D eigenvalue weighted by Crippen LogP contribution is 2.60. The highest BCUT2D eigenvalue weighted by Gasteiger charge is 2.66. The second kappa shape index (κ2) is 2.89. The molecule has 3 atom stereocenters. The van der Waals surface area contributed by atoms with Crippen molar-refractivity contribution < 1.29 is 4.39 Å². The molecule has 1 aliphatic heterocycles. The SMILES string of the molecule is N=CC1C2CNCC12c1ccc(F)cc1. The van der Waals surface area contributed by atoms with Crippen molar-refractivity contribution in [3.05, 3.63) is 35.6 Å². The van der Waals surface area contributed by atoms with Gasteiger partial charge in [-0.15, -0.1) is 0 Å². The van der Waals surface area contributed by atoms with Crippen LogP contribution in [0.2, 0.25) is 0 Å². The Balaban J connectivity index is 2.00. The van der Waals surface area contributed by atoms with Gasteiger partial charge in [0.25, 0.3) is 0 Å². The van der Waals surface area contributed by atoms with Gasteiger partial charge in [-0.2, -0.15) is 0 Å². The second-order valence-corrected chi connectivity index (χ2v) is 4.48. The van der Waals surface area contributed by atoms with E-state index >= 15 is 0 Å². The molecule has 1 saturated heterocycles. The van der Waals surface area contributed by atoms with Crippen LogP contribution in [-0.4, -0.2) is 19.3 Å². The van der Waals surface area contributed by atoms with Crippen LogP contribution in [0.4, 0.5) is 4.39 Å². The molecule has 2 N–H and O–H groups in total. The first-order valence-electron chi connectivity index (χ1n) is 5.26. The average Bonchev–Trinajstić information content (AvgIpc) is 2.66. The molecule has 2 fully saturated rings. The summed E-state index contributed by atoms with van der Waals surface area (Å²) in [5.74, 6) is 0.703. The Kier molecular flexibility index (Phi) is 1.74. The molecule has 2 aliphatic rings. The van der Waals surface area contributed by atoms with Crippen LogP contribution in [0, 0.1) is 23.1 Å². The molecule has 0 bridgehead atoms. The van der Waals surface area contributed by atoms with Crippen molar-refractivity contribution >= 4 is 6.21 Å². The molecule has 15 heavy (non-hydrogen) atoms. The number of hydrogen-bond donors (Lipinski definition) is 2. The Bertz CT molecular complexity index is 401. The van der Waals surface area contributed by atoms with Gasteiger partial charge in [-0.25, -0.2) is 4.39 Å². The van der Waals surface area contributed by atoms with Gasteiger partial charge in [0.2, 0.25) is 0 Å². The fourth-order valence-electron chi connectivity index (χ4n) is 3.08. The molecule has 0 aromatic heterocycles. The molecular weight excluding hydrogens is 191 g/mol. The average molecular weight is 204 g/mol. The maximum Gasteiger partial charge on any atom is 0.123 e. The Labute approximate surface area is 88.0 Å². The van der Waals surface area contributed by atoms with Gasteiger partial charge in [-0.3, -0.25) is 0 Å². The summed E-state index contributed by atoms with van der Waals surface area (Å²) in [6.45, 7) is 1.90. The third kappa shape index (κ3) is 1.04. The summed E-state index contributed by atoms with van der Waals surface area (Å²) in [5.41, 5.74) is 1.27. The van der Waals surface area contributed by atoms with E-state index in [9.17, 15) is 4.39 Å². The number of fused-ring (bicyclic) bond motifs is 1. The maximum atomic E-state index is 12.8. The Morgan fingerprint density at radius 1 is 1.40 bits per heavy atom. The van der Waals surface area contributed by atoms with E-state index in [1.165, 1.54) is 17.7 Å². The second-order valence-electron chi connectivity index (χ2n) is 4.48. The number of hydrogen-bond acceptors (Lipinski definition) is 2. The summed E-state index contributed by atoms with van der Waals surface area (Å²) in [7, 11) is 0. The van der Waals surface area contributed by atoms with Crippen molar-refractivity contribution in [1.29, 1.82) is 5.41 Å². The monoisotopic (exact) mass is 204 g/mol. The van der Waals surface area contributed by atoms with Crippen LogP contribution in [0.1, 0.15) is 5.56 Å². The molecule has 0 amide bonds. The third-order valence-corrected chi connectivity index (χ3v) is 3.92. The smallest absolute Gasteiger partial charge is 0.123 e.